The Morgan fingerprint density at radius 2 is 1.54 bits per heavy atom. The highest BCUT2D eigenvalue weighted by molar-refractivity contribution is 5.89. The van der Waals surface area contributed by atoms with Crippen molar-refractivity contribution in [3.63, 3.8) is 0 Å². The van der Waals surface area contributed by atoms with E-state index in [1.165, 1.54) is 24.3 Å². The third kappa shape index (κ3) is 4.12. The van der Waals surface area contributed by atoms with Crippen LogP contribution in [0.2, 0.25) is 0 Å². The van der Waals surface area contributed by atoms with Gasteiger partial charge in [0.2, 0.25) is 5.95 Å². The molecule has 0 fully saturated rings. The highest BCUT2D eigenvalue weighted by atomic mass is 16.4. The molecule has 8 nitrogen and oxygen atoms in total. The second kappa shape index (κ2) is 7.31. The first-order chi connectivity index (χ1) is 12.5. The first kappa shape index (κ1) is 16.9. The van der Waals surface area contributed by atoms with Crippen LogP contribution in [0.15, 0.2) is 60.8 Å². The van der Waals surface area contributed by atoms with Gasteiger partial charge in [-0.05, 0) is 48.5 Å². The largest absolute Gasteiger partial charge is 0.478 e. The molecule has 130 valence electrons. The monoisotopic (exact) mass is 350 g/mol. The van der Waals surface area contributed by atoms with E-state index in [0.29, 0.717) is 23.1 Å². The van der Waals surface area contributed by atoms with E-state index in [-0.39, 0.29) is 11.1 Å². The lowest BCUT2D eigenvalue weighted by molar-refractivity contribution is 0.0686. The summed E-state index contributed by atoms with van der Waals surface area (Å²) >= 11 is 0. The van der Waals surface area contributed by atoms with Crippen molar-refractivity contribution in [1.29, 1.82) is 0 Å². The number of carboxylic acid groups (broad SMARTS) is 2. The molecule has 4 N–H and O–H groups in total. The Bertz CT molecular complexity index is 957. The van der Waals surface area contributed by atoms with Crippen LogP contribution in [0.3, 0.4) is 0 Å². The van der Waals surface area contributed by atoms with Crippen LogP contribution >= 0.6 is 0 Å². The molecule has 0 aliphatic carbocycles. The zero-order valence-electron chi connectivity index (χ0n) is 13.4. The number of hydrogen-bond donors (Lipinski definition) is 4. The van der Waals surface area contributed by atoms with Crippen LogP contribution < -0.4 is 10.6 Å². The van der Waals surface area contributed by atoms with Gasteiger partial charge >= 0.3 is 11.9 Å². The molecule has 1 heterocycles. The van der Waals surface area contributed by atoms with Crippen LogP contribution in [-0.2, 0) is 0 Å². The fourth-order valence-electron chi connectivity index (χ4n) is 2.19. The molecule has 0 aliphatic heterocycles. The molecule has 0 bridgehead atoms. The van der Waals surface area contributed by atoms with Gasteiger partial charge in [-0.25, -0.2) is 14.6 Å². The zero-order chi connectivity index (χ0) is 18.5. The molecular weight excluding hydrogens is 336 g/mol. The van der Waals surface area contributed by atoms with Gasteiger partial charge in [0, 0.05) is 17.6 Å². The van der Waals surface area contributed by atoms with Crippen LogP contribution in [0.1, 0.15) is 20.7 Å². The molecule has 8 heteroatoms. The minimum Gasteiger partial charge on any atom is -0.478 e. The number of rotatable bonds is 6. The van der Waals surface area contributed by atoms with Gasteiger partial charge in [0.1, 0.15) is 5.82 Å². The van der Waals surface area contributed by atoms with Crippen molar-refractivity contribution in [1.82, 2.24) is 9.97 Å². The SMILES string of the molecule is O=C(O)c1ccc(Nc2ccnc(Nc3cccc(C(=O)O)c3)n2)cc1. The van der Waals surface area contributed by atoms with Gasteiger partial charge in [0.15, 0.2) is 0 Å². The normalized spacial score (nSPS) is 10.2. The van der Waals surface area contributed by atoms with Crippen molar-refractivity contribution in [2.75, 3.05) is 10.6 Å². The standard InChI is InChI=1S/C18H14N4O4/c23-16(24)11-4-6-13(7-5-11)20-15-8-9-19-18(22-15)21-14-3-1-2-12(10-14)17(25)26/h1-10H,(H,23,24)(H,25,26)(H2,19,20,21,22). The summed E-state index contributed by atoms with van der Waals surface area (Å²) in [6, 6.07) is 14.2. The fourth-order valence-corrected chi connectivity index (χ4v) is 2.19. The van der Waals surface area contributed by atoms with Gasteiger partial charge in [-0.3, -0.25) is 0 Å². The number of benzene rings is 2. The van der Waals surface area contributed by atoms with Crippen LogP contribution in [0.4, 0.5) is 23.1 Å². The predicted molar refractivity (Wildman–Crippen MR) is 95.4 cm³/mol. The minimum atomic E-state index is -1.02. The number of nitrogens with zero attached hydrogens (tertiary/aromatic N) is 2. The molecule has 26 heavy (non-hydrogen) atoms. The average molecular weight is 350 g/mol. The lowest BCUT2D eigenvalue weighted by Crippen LogP contribution is -2.02. The van der Waals surface area contributed by atoms with Gasteiger partial charge in [-0.1, -0.05) is 6.07 Å². The molecular formula is C18H14N4O4. The molecule has 0 amide bonds. The molecule has 0 saturated heterocycles. The van der Waals surface area contributed by atoms with Gasteiger partial charge in [-0.15, -0.1) is 0 Å². The third-order valence-electron chi connectivity index (χ3n) is 3.43. The second-order valence-electron chi connectivity index (χ2n) is 5.28. The second-order valence-corrected chi connectivity index (χ2v) is 5.28. The van der Waals surface area contributed by atoms with Gasteiger partial charge < -0.3 is 20.8 Å². The van der Waals surface area contributed by atoms with E-state index in [1.54, 1.807) is 36.5 Å². The van der Waals surface area contributed by atoms with Crippen molar-refractivity contribution < 1.29 is 19.8 Å². The van der Waals surface area contributed by atoms with Gasteiger partial charge in [0.25, 0.3) is 0 Å². The highest BCUT2D eigenvalue weighted by Gasteiger charge is 2.06. The quantitative estimate of drug-likeness (QED) is 0.533. The fraction of sp³-hybridized carbons (Fsp3) is 0. The lowest BCUT2D eigenvalue weighted by Gasteiger charge is -2.09. The Balaban J connectivity index is 1.75. The predicted octanol–water partition coefficient (Wildman–Crippen LogP) is 3.36. The van der Waals surface area contributed by atoms with Crippen molar-refractivity contribution >= 4 is 35.1 Å². The number of carboxylic acids is 2. The summed E-state index contributed by atoms with van der Waals surface area (Å²) < 4.78 is 0. The van der Waals surface area contributed by atoms with Crippen LogP contribution in [0, 0.1) is 0 Å². The molecule has 3 rings (SSSR count). The summed E-state index contributed by atoms with van der Waals surface area (Å²) in [6.07, 6.45) is 1.55. The van der Waals surface area contributed by atoms with E-state index < -0.39 is 11.9 Å². The number of carbonyl (C=O) groups is 2. The minimum absolute atomic E-state index is 0.155. The molecule has 0 atom stereocenters. The topological polar surface area (TPSA) is 124 Å². The number of hydrogen-bond acceptors (Lipinski definition) is 6. The summed E-state index contributed by atoms with van der Waals surface area (Å²) in [4.78, 5) is 30.3. The number of nitrogens with one attached hydrogen (secondary N) is 2. The molecule has 0 unspecified atom stereocenters. The van der Waals surface area contributed by atoms with E-state index in [4.69, 9.17) is 10.2 Å². The number of aromatic carboxylic acids is 2. The molecule has 0 saturated carbocycles. The summed E-state index contributed by atoms with van der Waals surface area (Å²) in [5.74, 6) is -1.22. The Morgan fingerprint density at radius 1 is 0.808 bits per heavy atom. The maximum absolute atomic E-state index is 11.0. The van der Waals surface area contributed by atoms with E-state index in [9.17, 15) is 9.59 Å². The smallest absolute Gasteiger partial charge is 0.335 e. The van der Waals surface area contributed by atoms with Crippen molar-refractivity contribution in [3.05, 3.63) is 71.9 Å². The van der Waals surface area contributed by atoms with Crippen molar-refractivity contribution in [3.8, 4) is 0 Å². The first-order valence-electron chi connectivity index (χ1n) is 7.55. The van der Waals surface area contributed by atoms with E-state index in [1.807, 2.05) is 0 Å². The first-order valence-corrected chi connectivity index (χ1v) is 7.55. The Morgan fingerprint density at radius 3 is 2.23 bits per heavy atom. The Kier molecular flexibility index (Phi) is 4.75. The van der Waals surface area contributed by atoms with Crippen LogP contribution in [0.25, 0.3) is 0 Å². The summed E-state index contributed by atoms with van der Waals surface area (Å²) in [5.41, 5.74) is 1.57. The maximum Gasteiger partial charge on any atom is 0.335 e. The molecule has 0 spiro atoms. The maximum atomic E-state index is 11.0. The van der Waals surface area contributed by atoms with E-state index in [0.717, 1.165) is 0 Å². The van der Waals surface area contributed by atoms with Gasteiger partial charge in [0.05, 0.1) is 11.1 Å². The summed E-state index contributed by atoms with van der Waals surface area (Å²) in [6.45, 7) is 0. The summed E-state index contributed by atoms with van der Waals surface area (Å²) in [5, 5.41) is 23.9. The average Bonchev–Trinajstić information content (AvgIpc) is 2.62. The van der Waals surface area contributed by atoms with Crippen LogP contribution in [0.5, 0.6) is 0 Å². The Labute approximate surface area is 148 Å². The van der Waals surface area contributed by atoms with E-state index in [2.05, 4.69) is 20.6 Å². The summed E-state index contributed by atoms with van der Waals surface area (Å²) in [7, 11) is 0. The van der Waals surface area contributed by atoms with Gasteiger partial charge in [-0.2, -0.15) is 4.98 Å². The highest BCUT2D eigenvalue weighted by Crippen LogP contribution is 2.19. The van der Waals surface area contributed by atoms with Crippen LogP contribution in [-0.4, -0.2) is 32.1 Å². The van der Waals surface area contributed by atoms with E-state index >= 15 is 0 Å². The number of anilines is 4. The lowest BCUT2D eigenvalue weighted by atomic mass is 10.2. The molecule has 3 aromatic rings. The van der Waals surface area contributed by atoms with Crippen molar-refractivity contribution in [2.24, 2.45) is 0 Å². The molecule has 2 aromatic carbocycles. The van der Waals surface area contributed by atoms with Crippen molar-refractivity contribution in [2.45, 2.75) is 0 Å². The number of aromatic nitrogens is 2. The Hall–Kier alpha value is -3.94. The zero-order valence-corrected chi connectivity index (χ0v) is 13.4. The molecule has 1 aromatic heterocycles. The molecule has 0 radical (unpaired) electrons. The molecule has 0 aliphatic rings. The third-order valence-corrected chi connectivity index (χ3v) is 3.43.